The van der Waals surface area contributed by atoms with Crippen LogP contribution in [0.25, 0.3) is 0 Å². The van der Waals surface area contributed by atoms with E-state index in [1.807, 2.05) is 45.0 Å². The van der Waals surface area contributed by atoms with Gasteiger partial charge in [-0.1, -0.05) is 13.8 Å². The first kappa shape index (κ1) is 23.7. The van der Waals surface area contributed by atoms with Gasteiger partial charge in [-0.25, -0.2) is 0 Å². The molecule has 0 bridgehead atoms. The summed E-state index contributed by atoms with van der Waals surface area (Å²) < 4.78 is 40.4. The fraction of sp³-hybridized carbons (Fsp3) is 0.417. The monoisotopic (exact) mass is 472 g/mol. The van der Waals surface area contributed by atoms with Crippen LogP contribution in [0.1, 0.15) is 42.1 Å². The maximum atomic E-state index is 12.9. The summed E-state index contributed by atoms with van der Waals surface area (Å²) in [6.45, 7) is 6.08. The van der Waals surface area contributed by atoms with Gasteiger partial charge in [-0.05, 0) is 49.4 Å². The first-order valence-corrected chi connectivity index (χ1v) is 11.1. The summed E-state index contributed by atoms with van der Waals surface area (Å²) in [5.74, 6) is 0.137. The fourth-order valence-corrected chi connectivity index (χ4v) is 4.35. The van der Waals surface area contributed by atoms with Gasteiger partial charge in [0.2, 0.25) is 5.91 Å². The molecule has 1 amide bonds. The number of amides is 1. The molecule has 1 aliphatic rings. The van der Waals surface area contributed by atoms with Crippen molar-refractivity contribution in [1.82, 2.24) is 19.7 Å². The second-order valence-corrected chi connectivity index (χ2v) is 8.96. The van der Waals surface area contributed by atoms with Gasteiger partial charge >= 0.3 is 6.18 Å². The van der Waals surface area contributed by atoms with E-state index in [-0.39, 0.29) is 24.4 Å². The normalized spacial score (nSPS) is 16.1. The lowest BCUT2D eigenvalue weighted by atomic mass is 9.97. The molecule has 1 N–H and O–H groups in total. The highest BCUT2D eigenvalue weighted by atomic mass is 19.4. The lowest BCUT2D eigenvalue weighted by molar-refractivity contribution is -0.137. The van der Waals surface area contributed by atoms with Crippen LogP contribution in [0.3, 0.4) is 0 Å². The quantitative estimate of drug-likeness (QED) is 0.581. The van der Waals surface area contributed by atoms with E-state index in [0.29, 0.717) is 18.5 Å². The van der Waals surface area contributed by atoms with Crippen LogP contribution in [-0.2, 0) is 30.4 Å². The fourth-order valence-electron chi connectivity index (χ4n) is 4.35. The van der Waals surface area contributed by atoms with Gasteiger partial charge in [0.25, 0.3) is 0 Å². The number of halogens is 3. The molecule has 0 radical (unpaired) electrons. The minimum atomic E-state index is -4.40. The molecule has 0 fully saturated rings. The summed E-state index contributed by atoms with van der Waals surface area (Å²) in [4.78, 5) is 23.2. The number of pyridine rings is 2. The summed E-state index contributed by atoms with van der Waals surface area (Å²) in [6.07, 6.45) is 1.62. The molecule has 4 heterocycles. The van der Waals surface area contributed by atoms with Crippen LogP contribution >= 0.6 is 0 Å². The van der Waals surface area contributed by atoms with Crippen LogP contribution in [0.15, 0.2) is 36.8 Å². The van der Waals surface area contributed by atoms with Crippen LogP contribution < -0.4 is 10.2 Å². The van der Waals surface area contributed by atoms with E-state index in [0.717, 1.165) is 46.7 Å². The summed E-state index contributed by atoms with van der Waals surface area (Å²) in [5.41, 5.74) is 3.88. The Morgan fingerprint density at radius 2 is 1.94 bits per heavy atom. The van der Waals surface area contributed by atoms with Gasteiger partial charge < -0.3 is 10.2 Å². The molecule has 0 unspecified atom stereocenters. The van der Waals surface area contributed by atoms with Gasteiger partial charge in [0, 0.05) is 25.1 Å². The van der Waals surface area contributed by atoms with Crippen molar-refractivity contribution in [2.45, 2.75) is 52.4 Å². The van der Waals surface area contributed by atoms with E-state index in [1.54, 1.807) is 10.9 Å². The first-order chi connectivity index (χ1) is 16.0. The number of nitrogens with one attached hydrogen (secondary N) is 1. The van der Waals surface area contributed by atoms with Crippen LogP contribution in [0.2, 0.25) is 0 Å². The number of likely N-dealkylation sites (N-methyl/N-ethyl adjacent to an activating group) is 1. The smallest absolute Gasteiger partial charge is 0.361 e. The van der Waals surface area contributed by atoms with Crippen molar-refractivity contribution in [1.29, 1.82) is 0 Å². The van der Waals surface area contributed by atoms with Crippen molar-refractivity contribution in [3.05, 3.63) is 65.0 Å². The van der Waals surface area contributed by atoms with Gasteiger partial charge in [0.1, 0.15) is 6.04 Å². The molecule has 0 saturated carbocycles. The third kappa shape index (κ3) is 4.90. The minimum absolute atomic E-state index is 0.0228. The van der Waals surface area contributed by atoms with Crippen molar-refractivity contribution in [3.63, 3.8) is 0 Å². The summed E-state index contributed by atoms with van der Waals surface area (Å²) >= 11 is 0. The number of anilines is 2. The molecule has 0 aromatic carbocycles. The number of rotatable bonds is 6. The van der Waals surface area contributed by atoms with E-state index in [1.165, 1.54) is 0 Å². The second kappa shape index (κ2) is 9.08. The van der Waals surface area contributed by atoms with Crippen molar-refractivity contribution in [2.75, 3.05) is 17.3 Å². The predicted molar refractivity (Wildman–Crippen MR) is 123 cm³/mol. The van der Waals surface area contributed by atoms with E-state index in [9.17, 15) is 18.0 Å². The number of carbonyl (C=O) groups excluding carboxylic acids is 1. The van der Waals surface area contributed by atoms with Crippen LogP contribution in [0.4, 0.5) is 24.5 Å². The molecular weight excluding hydrogens is 445 g/mol. The predicted octanol–water partition coefficient (Wildman–Crippen LogP) is 4.25. The Kier molecular flexibility index (Phi) is 6.33. The number of alkyl halides is 3. The van der Waals surface area contributed by atoms with Gasteiger partial charge in [-0.15, -0.1) is 0 Å². The zero-order chi connectivity index (χ0) is 24.6. The molecule has 0 saturated heterocycles. The summed E-state index contributed by atoms with van der Waals surface area (Å²) in [7, 11) is 1.93. The Morgan fingerprint density at radius 1 is 1.18 bits per heavy atom. The Bertz CT molecular complexity index is 1200. The van der Waals surface area contributed by atoms with Gasteiger partial charge in [-0.2, -0.15) is 18.3 Å². The van der Waals surface area contributed by atoms with Crippen LogP contribution in [0, 0.1) is 12.8 Å². The van der Waals surface area contributed by atoms with Crippen molar-refractivity contribution in [2.24, 2.45) is 5.92 Å². The largest absolute Gasteiger partial charge is 0.416 e. The molecular formula is C24H27F3N6O. The minimum Gasteiger partial charge on any atom is -0.361 e. The van der Waals surface area contributed by atoms with Gasteiger partial charge in [0.15, 0.2) is 0 Å². The van der Waals surface area contributed by atoms with E-state index >= 15 is 0 Å². The molecule has 1 atom stereocenters. The molecule has 3 aromatic heterocycles. The molecule has 180 valence electrons. The number of hydrogen-bond donors (Lipinski definition) is 1. The average molecular weight is 473 g/mol. The number of hydrogen-bond acceptors (Lipinski definition) is 5. The zero-order valence-corrected chi connectivity index (χ0v) is 19.5. The van der Waals surface area contributed by atoms with Crippen molar-refractivity contribution in [3.8, 4) is 0 Å². The molecule has 10 heteroatoms. The maximum Gasteiger partial charge on any atom is 0.416 e. The van der Waals surface area contributed by atoms with E-state index in [2.05, 4.69) is 20.4 Å². The highest BCUT2D eigenvalue weighted by molar-refractivity contribution is 6.04. The Labute approximate surface area is 196 Å². The topological polar surface area (TPSA) is 75.9 Å². The van der Waals surface area contributed by atoms with Crippen LogP contribution in [0.5, 0.6) is 0 Å². The highest BCUT2D eigenvalue weighted by Gasteiger charge is 2.34. The number of nitrogens with zero attached hydrogens (tertiary/aromatic N) is 5. The second-order valence-electron chi connectivity index (χ2n) is 8.96. The molecule has 7 nitrogen and oxygen atoms in total. The number of carbonyl (C=O) groups is 1. The lowest BCUT2D eigenvalue weighted by Gasteiger charge is -2.38. The zero-order valence-electron chi connectivity index (χ0n) is 19.5. The Balaban J connectivity index is 1.45. The maximum absolute atomic E-state index is 12.9. The van der Waals surface area contributed by atoms with E-state index < -0.39 is 11.7 Å². The van der Waals surface area contributed by atoms with Crippen molar-refractivity contribution >= 4 is 17.3 Å². The average Bonchev–Trinajstić information content (AvgIpc) is 3.20. The lowest BCUT2D eigenvalue weighted by Crippen LogP contribution is -2.49. The van der Waals surface area contributed by atoms with Crippen LogP contribution in [-0.4, -0.2) is 38.7 Å². The number of aromatic nitrogens is 4. The number of aryl methyl sites for hydroxylation is 3. The SMILES string of the molecule is Cc1nc(CCc2cnn(Cc3cc(C(F)(F)F)ccn3)c2)cc2c1NC(=O)[C@H](C(C)C)N2C. The molecule has 3 aromatic rings. The van der Waals surface area contributed by atoms with E-state index in [4.69, 9.17) is 0 Å². The molecule has 0 spiro atoms. The third-order valence-corrected chi connectivity index (χ3v) is 6.00. The standard InChI is InChI=1S/C24H27F3N6O/c1-14(2)22-23(34)31-21-15(3)30-18(10-20(21)32(22)4)6-5-16-11-29-33(12-16)13-19-9-17(7-8-28-19)24(25,26)27/h7-12,14,22H,5-6,13H2,1-4H3,(H,31,34)/t22-/m0/s1. The highest BCUT2D eigenvalue weighted by Crippen LogP contribution is 2.35. The molecule has 0 aliphatic carbocycles. The van der Waals surface area contributed by atoms with Gasteiger partial charge in [0.05, 0.1) is 41.1 Å². The molecule has 4 rings (SSSR count). The summed E-state index contributed by atoms with van der Waals surface area (Å²) in [5, 5.41) is 7.27. The number of fused-ring (bicyclic) bond motifs is 1. The molecule has 34 heavy (non-hydrogen) atoms. The Hall–Kier alpha value is -3.43. The summed E-state index contributed by atoms with van der Waals surface area (Å²) in [6, 6.07) is 3.76. The van der Waals surface area contributed by atoms with Gasteiger partial charge in [-0.3, -0.25) is 19.4 Å². The first-order valence-electron chi connectivity index (χ1n) is 11.1. The molecule has 1 aliphatic heterocycles. The third-order valence-electron chi connectivity index (χ3n) is 6.00. The van der Waals surface area contributed by atoms with Crippen molar-refractivity contribution < 1.29 is 18.0 Å². The Morgan fingerprint density at radius 3 is 2.65 bits per heavy atom.